The van der Waals surface area contributed by atoms with Crippen LogP contribution in [0.1, 0.15) is 6.42 Å². The molecule has 0 rings (SSSR count). The van der Waals surface area contributed by atoms with Gasteiger partial charge in [0.15, 0.2) is 6.04 Å². The molecule has 6 nitrogen and oxygen atoms in total. The summed E-state index contributed by atoms with van der Waals surface area (Å²) in [6.07, 6.45) is -0.519. The molecule has 0 radical (unpaired) electrons. The van der Waals surface area contributed by atoms with Crippen molar-refractivity contribution in [1.29, 1.82) is 0 Å². The second kappa shape index (κ2) is 4.26. The fourth-order valence-corrected chi connectivity index (χ4v) is 0.473. The van der Waals surface area contributed by atoms with Gasteiger partial charge in [-0.25, -0.2) is 4.79 Å². The van der Waals surface area contributed by atoms with Crippen LogP contribution in [0.5, 0.6) is 0 Å². The van der Waals surface area contributed by atoms with E-state index in [4.69, 9.17) is 10.2 Å². The van der Waals surface area contributed by atoms with Gasteiger partial charge in [0.1, 0.15) is 0 Å². The fourth-order valence-electron chi connectivity index (χ4n) is 0.473. The van der Waals surface area contributed by atoms with Gasteiger partial charge in [0.05, 0.1) is 6.42 Å². The molecular weight excluding hydrogens is 152 g/mol. The Balaban J connectivity index is 3.99. The predicted octanol–water partition coefficient (Wildman–Crippen LogP) is -0.880. The van der Waals surface area contributed by atoms with Gasteiger partial charge in [-0.15, -0.1) is 0 Å². The van der Waals surface area contributed by atoms with Crippen LogP contribution in [0.3, 0.4) is 0 Å². The summed E-state index contributed by atoms with van der Waals surface area (Å²) < 4.78 is 0. The van der Waals surface area contributed by atoms with Gasteiger partial charge >= 0.3 is 11.9 Å². The topological polar surface area (TPSA) is 99.0 Å². The number of hydrogen-bond donors (Lipinski definition) is 3. The molecule has 0 aromatic rings. The quantitative estimate of drug-likeness (QED) is 0.358. The summed E-state index contributed by atoms with van der Waals surface area (Å²) >= 11 is 0. The maximum absolute atomic E-state index is 10.2. The van der Waals surface area contributed by atoms with Crippen molar-refractivity contribution in [2.75, 3.05) is 0 Å². The lowest BCUT2D eigenvalue weighted by Gasteiger charge is -2.07. The van der Waals surface area contributed by atoms with E-state index in [-0.39, 0.29) is 0 Å². The Morgan fingerprint density at radius 3 is 2.36 bits per heavy atom. The number of carboxylic acid groups (broad SMARTS) is 2. The molecule has 0 fully saturated rings. The average Bonchev–Trinajstić information content (AvgIpc) is 1.86. The number of hydrogen-bond acceptors (Lipinski definition) is 4. The van der Waals surface area contributed by atoms with Gasteiger partial charge in [0.25, 0.3) is 0 Å². The van der Waals surface area contributed by atoms with Crippen molar-refractivity contribution in [2.24, 2.45) is 5.10 Å². The van der Waals surface area contributed by atoms with Gasteiger partial charge in [-0.2, -0.15) is 5.10 Å². The van der Waals surface area contributed by atoms with Crippen LogP contribution in [0, 0.1) is 0 Å². The molecule has 3 N–H and O–H groups in total. The predicted molar refractivity (Wildman–Crippen MR) is 36.4 cm³/mol. The van der Waals surface area contributed by atoms with Gasteiger partial charge in [0.2, 0.25) is 0 Å². The normalized spacial score (nSPS) is 11.6. The van der Waals surface area contributed by atoms with Crippen LogP contribution in [-0.4, -0.2) is 34.9 Å². The Hall–Kier alpha value is -1.59. The third kappa shape index (κ3) is 3.90. The number of nitrogens with zero attached hydrogens (tertiary/aromatic N) is 1. The summed E-state index contributed by atoms with van der Waals surface area (Å²) in [5, 5.41) is 19.6. The molecule has 0 unspecified atom stereocenters. The summed E-state index contributed by atoms with van der Waals surface area (Å²) in [5.41, 5.74) is 2.05. The summed E-state index contributed by atoms with van der Waals surface area (Å²) in [6, 6.07) is -1.20. The minimum absolute atomic E-state index is 0.519. The Bertz CT molecular complexity index is 179. The highest BCUT2D eigenvalue weighted by Gasteiger charge is 2.19. The zero-order chi connectivity index (χ0) is 8.85. The van der Waals surface area contributed by atoms with Gasteiger partial charge in [-0.3, -0.25) is 10.2 Å². The van der Waals surface area contributed by atoms with Gasteiger partial charge in [-0.05, 0) is 0 Å². The van der Waals surface area contributed by atoms with Crippen molar-refractivity contribution in [3.05, 3.63) is 0 Å². The molecule has 0 spiro atoms. The zero-order valence-corrected chi connectivity index (χ0v) is 5.65. The molecule has 0 bridgehead atoms. The largest absolute Gasteiger partial charge is 0.481 e. The maximum Gasteiger partial charge on any atom is 0.328 e. The molecule has 0 aromatic carbocycles. The molecule has 0 aliphatic rings. The van der Waals surface area contributed by atoms with Crippen LogP contribution in [-0.2, 0) is 9.59 Å². The standard InChI is InChI=1S/C5H8N2O4/c1-6-7-3(5(10)11)2-4(8)9/h3,7H,1-2H2,(H,8,9)(H,10,11)/t3-/m0/s1. The van der Waals surface area contributed by atoms with Gasteiger partial charge < -0.3 is 10.2 Å². The molecule has 0 aromatic heterocycles. The van der Waals surface area contributed by atoms with Crippen molar-refractivity contribution in [1.82, 2.24) is 5.43 Å². The first-order chi connectivity index (χ1) is 5.07. The molecule has 0 aliphatic heterocycles. The third-order valence-corrected chi connectivity index (χ3v) is 0.924. The van der Waals surface area contributed by atoms with Crippen LogP contribution in [0.15, 0.2) is 5.10 Å². The Morgan fingerprint density at radius 2 is 2.09 bits per heavy atom. The minimum atomic E-state index is -1.26. The monoisotopic (exact) mass is 160 g/mol. The number of carbonyl (C=O) groups is 2. The summed E-state index contributed by atoms with van der Waals surface area (Å²) in [4.78, 5) is 20.2. The number of carboxylic acids is 2. The van der Waals surface area contributed by atoms with Crippen molar-refractivity contribution in [3.63, 3.8) is 0 Å². The van der Waals surface area contributed by atoms with E-state index in [9.17, 15) is 9.59 Å². The number of rotatable bonds is 5. The van der Waals surface area contributed by atoms with E-state index in [1.807, 2.05) is 5.43 Å². The molecule has 0 heterocycles. The van der Waals surface area contributed by atoms with Crippen molar-refractivity contribution < 1.29 is 19.8 Å². The Labute approximate surface area is 62.5 Å². The fraction of sp³-hybridized carbons (Fsp3) is 0.400. The summed E-state index contributed by atoms with van der Waals surface area (Å²) in [7, 11) is 0. The molecule has 11 heavy (non-hydrogen) atoms. The molecule has 0 saturated heterocycles. The summed E-state index contributed by atoms with van der Waals surface area (Å²) in [6.45, 7) is 2.97. The number of nitrogens with one attached hydrogen (secondary N) is 1. The van der Waals surface area contributed by atoms with Crippen molar-refractivity contribution >= 4 is 18.7 Å². The van der Waals surface area contributed by atoms with Crippen molar-refractivity contribution in [2.45, 2.75) is 12.5 Å². The lowest BCUT2D eigenvalue weighted by molar-refractivity contribution is -0.145. The van der Waals surface area contributed by atoms with Crippen LogP contribution in [0.4, 0.5) is 0 Å². The Morgan fingerprint density at radius 1 is 1.55 bits per heavy atom. The van der Waals surface area contributed by atoms with Crippen LogP contribution in [0.2, 0.25) is 0 Å². The van der Waals surface area contributed by atoms with Crippen molar-refractivity contribution in [3.8, 4) is 0 Å². The second-order valence-corrected chi connectivity index (χ2v) is 1.78. The van der Waals surface area contributed by atoms with Gasteiger partial charge in [0, 0.05) is 6.72 Å². The molecule has 1 atom stereocenters. The highest BCUT2D eigenvalue weighted by Crippen LogP contribution is 1.91. The van der Waals surface area contributed by atoms with Crippen LogP contribution in [0.25, 0.3) is 0 Å². The maximum atomic E-state index is 10.2. The lowest BCUT2D eigenvalue weighted by atomic mass is 10.2. The molecule has 0 amide bonds. The SMILES string of the molecule is C=NN[C@@H](CC(=O)O)C(=O)O. The zero-order valence-electron chi connectivity index (χ0n) is 5.65. The number of aliphatic carboxylic acids is 2. The third-order valence-electron chi connectivity index (χ3n) is 0.924. The molecular formula is C5H8N2O4. The smallest absolute Gasteiger partial charge is 0.328 e. The minimum Gasteiger partial charge on any atom is -0.481 e. The highest BCUT2D eigenvalue weighted by atomic mass is 16.4. The Kier molecular flexibility index (Phi) is 3.65. The first-order valence-electron chi connectivity index (χ1n) is 2.73. The van der Waals surface area contributed by atoms with E-state index in [2.05, 4.69) is 11.8 Å². The number of hydrazone groups is 1. The van der Waals surface area contributed by atoms with E-state index in [0.717, 1.165) is 0 Å². The first kappa shape index (κ1) is 9.41. The summed E-state index contributed by atoms with van der Waals surface area (Å²) in [5.74, 6) is -2.46. The highest BCUT2D eigenvalue weighted by molar-refractivity contribution is 5.80. The van der Waals surface area contributed by atoms with Crippen LogP contribution < -0.4 is 5.43 Å². The van der Waals surface area contributed by atoms with E-state index in [1.165, 1.54) is 0 Å². The molecule has 62 valence electrons. The van der Waals surface area contributed by atoms with Crippen LogP contribution >= 0.6 is 0 Å². The molecule has 0 aliphatic carbocycles. The second-order valence-electron chi connectivity index (χ2n) is 1.78. The molecule has 6 heteroatoms. The van der Waals surface area contributed by atoms with Gasteiger partial charge in [-0.1, -0.05) is 0 Å². The van der Waals surface area contributed by atoms with E-state index in [1.54, 1.807) is 0 Å². The molecule has 0 saturated carbocycles. The van der Waals surface area contributed by atoms with E-state index >= 15 is 0 Å². The lowest BCUT2D eigenvalue weighted by Crippen LogP contribution is -2.35. The first-order valence-corrected chi connectivity index (χ1v) is 2.73. The van der Waals surface area contributed by atoms with E-state index < -0.39 is 24.4 Å². The van der Waals surface area contributed by atoms with E-state index in [0.29, 0.717) is 0 Å². The average molecular weight is 160 g/mol.